The summed E-state index contributed by atoms with van der Waals surface area (Å²) in [6, 6.07) is 8.04. The molecule has 1 unspecified atom stereocenters. The van der Waals surface area contributed by atoms with Gasteiger partial charge in [0.05, 0.1) is 19.3 Å². The molecule has 1 atom stereocenters. The Kier molecular flexibility index (Phi) is 7.03. The number of nitrogens with zero attached hydrogens (tertiary/aromatic N) is 1. The first-order chi connectivity index (χ1) is 10.8. The van der Waals surface area contributed by atoms with Crippen molar-refractivity contribution < 1.29 is 9.47 Å². The molecule has 1 fully saturated rings. The molecule has 5 heteroatoms. The van der Waals surface area contributed by atoms with E-state index in [-0.39, 0.29) is 0 Å². The molecule has 2 N–H and O–H groups in total. The molecule has 0 aliphatic carbocycles. The molecule has 1 aliphatic heterocycles. The molecule has 1 aliphatic rings. The number of hydrogen-bond acceptors (Lipinski definition) is 3. The van der Waals surface area contributed by atoms with Gasteiger partial charge in [-0.25, -0.2) is 4.99 Å². The lowest BCUT2D eigenvalue weighted by molar-refractivity contribution is 0.114. The molecule has 1 aromatic rings. The highest BCUT2D eigenvalue weighted by Crippen LogP contribution is 2.18. The van der Waals surface area contributed by atoms with Crippen molar-refractivity contribution in [3.63, 3.8) is 0 Å². The van der Waals surface area contributed by atoms with Crippen LogP contribution in [0, 0.1) is 0 Å². The van der Waals surface area contributed by atoms with Crippen molar-refractivity contribution in [2.24, 2.45) is 4.99 Å². The van der Waals surface area contributed by atoms with Crippen LogP contribution in [0.2, 0.25) is 0 Å². The average molecular weight is 305 g/mol. The summed E-state index contributed by atoms with van der Waals surface area (Å²) in [5.74, 6) is 1.73. The lowest BCUT2D eigenvalue weighted by Crippen LogP contribution is -2.41. The Morgan fingerprint density at radius 1 is 1.32 bits per heavy atom. The molecule has 122 valence electrons. The lowest BCUT2D eigenvalue weighted by Gasteiger charge is -2.15. The highest BCUT2D eigenvalue weighted by molar-refractivity contribution is 5.79. The lowest BCUT2D eigenvalue weighted by atomic mass is 10.2. The van der Waals surface area contributed by atoms with E-state index in [1.165, 1.54) is 0 Å². The molecular formula is C17H27N3O2. The van der Waals surface area contributed by atoms with E-state index in [4.69, 9.17) is 9.47 Å². The first kappa shape index (κ1) is 16.6. The molecule has 0 spiro atoms. The van der Waals surface area contributed by atoms with E-state index in [2.05, 4.69) is 28.6 Å². The maximum Gasteiger partial charge on any atom is 0.191 e. The van der Waals surface area contributed by atoms with Gasteiger partial charge in [0.2, 0.25) is 0 Å². The van der Waals surface area contributed by atoms with Gasteiger partial charge in [0.15, 0.2) is 5.96 Å². The van der Waals surface area contributed by atoms with Gasteiger partial charge in [0.1, 0.15) is 5.75 Å². The SMILES string of the molecule is CCNC(=NCc1ccccc1OCC)NCC1CCCO1. The van der Waals surface area contributed by atoms with Crippen LogP contribution < -0.4 is 15.4 Å². The summed E-state index contributed by atoms with van der Waals surface area (Å²) in [5, 5.41) is 6.63. The van der Waals surface area contributed by atoms with E-state index < -0.39 is 0 Å². The first-order valence-corrected chi connectivity index (χ1v) is 8.18. The highest BCUT2D eigenvalue weighted by Gasteiger charge is 2.15. The van der Waals surface area contributed by atoms with E-state index in [9.17, 15) is 0 Å². The maximum atomic E-state index is 5.64. The Morgan fingerprint density at radius 3 is 2.91 bits per heavy atom. The largest absolute Gasteiger partial charge is 0.494 e. The number of rotatable bonds is 7. The van der Waals surface area contributed by atoms with Crippen LogP contribution in [0.4, 0.5) is 0 Å². The average Bonchev–Trinajstić information content (AvgIpc) is 3.05. The summed E-state index contributed by atoms with van der Waals surface area (Å²) in [7, 11) is 0. The summed E-state index contributed by atoms with van der Waals surface area (Å²) in [6.07, 6.45) is 2.58. The van der Waals surface area contributed by atoms with Gasteiger partial charge < -0.3 is 20.1 Å². The van der Waals surface area contributed by atoms with Gasteiger partial charge in [-0.1, -0.05) is 18.2 Å². The number of benzene rings is 1. The van der Waals surface area contributed by atoms with Crippen molar-refractivity contribution in [2.45, 2.75) is 39.3 Å². The monoisotopic (exact) mass is 305 g/mol. The van der Waals surface area contributed by atoms with Gasteiger partial charge in [-0.05, 0) is 32.8 Å². The van der Waals surface area contributed by atoms with Crippen LogP contribution in [0.3, 0.4) is 0 Å². The van der Waals surface area contributed by atoms with Crippen molar-refractivity contribution in [3.05, 3.63) is 29.8 Å². The number of nitrogens with one attached hydrogen (secondary N) is 2. The van der Waals surface area contributed by atoms with E-state index in [1.54, 1.807) is 0 Å². The Labute approximate surface area is 133 Å². The number of hydrogen-bond donors (Lipinski definition) is 2. The Bertz CT molecular complexity index is 471. The molecular weight excluding hydrogens is 278 g/mol. The minimum Gasteiger partial charge on any atom is -0.494 e. The van der Waals surface area contributed by atoms with Crippen molar-refractivity contribution in [3.8, 4) is 5.75 Å². The van der Waals surface area contributed by atoms with Crippen LogP contribution in [0.5, 0.6) is 5.75 Å². The molecule has 0 radical (unpaired) electrons. The van der Waals surface area contributed by atoms with E-state index >= 15 is 0 Å². The summed E-state index contributed by atoms with van der Waals surface area (Å²) in [6.45, 7) is 7.84. The summed E-state index contributed by atoms with van der Waals surface area (Å²) < 4.78 is 11.3. The van der Waals surface area contributed by atoms with E-state index in [0.29, 0.717) is 19.3 Å². The normalized spacial score (nSPS) is 18.3. The van der Waals surface area contributed by atoms with Crippen LogP contribution >= 0.6 is 0 Å². The summed E-state index contributed by atoms with van der Waals surface area (Å²) in [5.41, 5.74) is 1.10. The van der Waals surface area contributed by atoms with Crippen molar-refractivity contribution in [1.29, 1.82) is 0 Å². The van der Waals surface area contributed by atoms with Crippen LogP contribution in [-0.2, 0) is 11.3 Å². The van der Waals surface area contributed by atoms with Gasteiger partial charge >= 0.3 is 0 Å². The number of guanidine groups is 1. The second-order valence-electron chi connectivity index (χ2n) is 5.25. The molecule has 5 nitrogen and oxygen atoms in total. The predicted molar refractivity (Wildman–Crippen MR) is 89.4 cm³/mol. The molecule has 1 saturated heterocycles. The molecule has 0 aromatic heterocycles. The third-order valence-corrected chi connectivity index (χ3v) is 3.55. The van der Waals surface area contributed by atoms with Crippen LogP contribution in [0.25, 0.3) is 0 Å². The summed E-state index contributed by atoms with van der Waals surface area (Å²) in [4.78, 5) is 4.65. The third kappa shape index (κ3) is 5.22. The first-order valence-electron chi connectivity index (χ1n) is 8.18. The summed E-state index contributed by atoms with van der Waals surface area (Å²) >= 11 is 0. The van der Waals surface area contributed by atoms with Crippen molar-refractivity contribution >= 4 is 5.96 Å². The topological polar surface area (TPSA) is 54.9 Å². The zero-order chi connectivity index (χ0) is 15.6. The molecule has 22 heavy (non-hydrogen) atoms. The van der Waals surface area contributed by atoms with Crippen LogP contribution in [0.15, 0.2) is 29.3 Å². The van der Waals surface area contributed by atoms with Crippen LogP contribution in [-0.4, -0.2) is 38.4 Å². The predicted octanol–water partition coefficient (Wildman–Crippen LogP) is 2.32. The van der Waals surface area contributed by atoms with Gasteiger partial charge in [-0.3, -0.25) is 0 Å². The minimum absolute atomic E-state index is 0.305. The maximum absolute atomic E-state index is 5.64. The second kappa shape index (κ2) is 9.30. The zero-order valence-corrected chi connectivity index (χ0v) is 13.6. The van der Waals surface area contributed by atoms with Gasteiger partial charge in [0, 0.05) is 25.3 Å². The Morgan fingerprint density at radius 2 is 2.18 bits per heavy atom. The standard InChI is InChI=1S/C17H27N3O2/c1-3-18-17(20-13-15-9-7-11-22-15)19-12-14-8-5-6-10-16(14)21-4-2/h5-6,8,10,15H,3-4,7,9,11-13H2,1-2H3,(H2,18,19,20). The molecule has 1 heterocycles. The van der Waals surface area contributed by atoms with E-state index in [1.807, 2.05) is 25.1 Å². The molecule has 1 aromatic carbocycles. The number of ether oxygens (including phenoxy) is 2. The quantitative estimate of drug-likeness (QED) is 0.599. The van der Waals surface area contributed by atoms with E-state index in [0.717, 1.165) is 49.8 Å². The smallest absolute Gasteiger partial charge is 0.191 e. The third-order valence-electron chi connectivity index (χ3n) is 3.55. The minimum atomic E-state index is 0.305. The molecule has 0 saturated carbocycles. The molecule has 2 rings (SSSR count). The fraction of sp³-hybridized carbons (Fsp3) is 0.588. The zero-order valence-electron chi connectivity index (χ0n) is 13.6. The van der Waals surface area contributed by atoms with Gasteiger partial charge in [-0.2, -0.15) is 0 Å². The Hall–Kier alpha value is -1.75. The number of aliphatic imine (C=N–C) groups is 1. The fourth-order valence-electron chi connectivity index (χ4n) is 2.45. The van der Waals surface area contributed by atoms with Gasteiger partial charge in [0.25, 0.3) is 0 Å². The highest BCUT2D eigenvalue weighted by atomic mass is 16.5. The Balaban J connectivity index is 1.93. The fourth-order valence-corrected chi connectivity index (χ4v) is 2.45. The molecule has 0 bridgehead atoms. The van der Waals surface area contributed by atoms with Gasteiger partial charge in [-0.15, -0.1) is 0 Å². The number of para-hydroxylation sites is 1. The van der Waals surface area contributed by atoms with Crippen molar-refractivity contribution in [2.75, 3.05) is 26.3 Å². The molecule has 0 amide bonds. The van der Waals surface area contributed by atoms with Crippen LogP contribution in [0.1, 0.15) is 32.3 Å². The second-order valence-corrected chi connectivity index (χ2v) is 5.25. The van der Waals surface area contributed by atoms with Crippen molar-refractivity contribution in [1.82, 2.24) is 10.6 Å².